The van der Waals surface area contributed by atoms with Gasteiger partial charge in [0, 0.05) is 5.56 Å². The molecule has 0 N–H and O–H groups in total. The molecule has 0 heterocycles. The summed E-state index contributed by atoms with van der Waals surface area (Å²) in [6.07, 6.45) is 0.410. The molecule has 1 nitrogen and oxygen atoms in total. The molecule has 0 unspecified atom stereocenters. The van der Waals surface area contributed by atoms with E-state index in [1.54, 1.807) is 0 Å². The number of alkyl halides is 3. The van der Waals surface area contributed by atoms with Gasteiger partial charge in [0.2, 0.25) is 0 Å². The lowest BCUT2D eigenvalue weighted by molar-refractivity contribution is -0.137. The summed E-state index contributed by atoms with van der Waals surface area (Å²) < 4.78 is 37.0. The predicted octanol–water partition coefficient (Wildman–Crippen LogP) is 2.56. The van der Waals surface area contributed by atoms with Gasteiger partial charge in [-0.3, -0.25) is 0 Å². The van der Waals surface area contributed by atoms with E-state index in [1.807, 2.05) is 0 Å². The Kier molecular flexibility index (Phi) is 2.49. The summed E-state index contributed by atoms with van der Waals surface area (Å²) in [6.45, 7) is 0. The fraction of sp³-hybridized carbons (Fsp3) is 0.100. The van der Waals surface area contributed by atoms with Crippen LogP contribution in [0.25, 0.3) is 0 Å². The molecule has 0 saturated heterocycles. The molecule has 1 aromatic rings. The minimum absolute atomic E-state index is 0.108. The van der Waals surface area contributed by atoms with Gasteiger partial charge in [-0.2, -0.15) is 18.4 Å². The van der Waals surface area contributed by atoms with Crippen LogP contribution in [0.15, 0.2) is 18.2 Å². The Morgan fingerprint density at radius 3 is 2.36 bits per heavy atom. The zero-order chi connectivity index (χ0) is 10.8. The average Bonchev–Trinajstić information content (AvgIpc) is 2.15. The van der Waals surface area contributed by atoms with Gasteiger partial charge in [0.15, 0.2) is 0 Å². The molecule has 70 valence electrons. The predicted molar refractivity (Wildman–Crippen MR) is 44.1 cm³/mol. The minimum Gasteiger partial charge on any atom is -0.192 e. The maximum atomic E-state index is 12.3. The van der Waals surface area contributed by atoms with Crippen LogP contribution in [0.5, 0.6) is 0 Å². The molecule has 4 heteroatoms. The van der Waals surface area contributed by atoms with E-state index in [2.05, 4.69) is 5.92 Å². The second-order valence-corrected chi connectivity index (χ2v) is 2.51. The van der Waals surface area contributed by atoms with Crippen molar-refractivity contribution in [2.45, 2.75) is 6.18 Å². The van der Waals surface area contributed by atoms with Gasteiger partial charge in [-0.15, -0.1) is 6.42 Å². The molecule has 1 aromatic carbocycles. The van der Waals surface area contributed by atoms with Crippen LogP contribution in [-0.4, -0.2) is 0 Å². The molecule has 0 fully saturated rings. The summed E-state index contributed by atoms with van der Waals surface area (Å²) in [6, 6.07) is 4.62. The van der Waals surface area contributed by atoms with Crippen LogP contribution in [-0.2, 0) is 6.18 Å². The van der Waals surface area contributed by atoms with E-state index in [9.17, 15) is 13.2 Å². The quantitative estimate of drug-likeness (QED) is 0.583. The van der Waals surface area contributed by atoms with E-state index in [-0.39, 0.29) is 5.56 Å². The third-order valence-corrected chi connectivity index (χ3v) is 1.61. The fourth-order valence-electron chi connectivity index (χ4n) is 0.966. The number of nitrogens with zero attached hydrogens (tertiary/aromatic N) is 1. The lowest BCUT2D eigenvalue weighted by Crippen LogP contribution is -2.08. The first-order valence-electron chi connectivity index (χ1n) is 3.57. The van der Waals surface area contributed by atoms with E-state index in [0.717, 1.165) is 12.1 Å². The van der Waals surface area contributed by atoms with E-state index in [4.69, 9.17) is 11.7 Å². The first-order chi connectivity index (χ1) is 6.49. The summed E-state index contributed by atoms with van der Waals surface area (Å²) in [7, 11) is 0. The highest BCUT2D eigenvalue weighted by molar-refractivity contribution is 5.46. The summed E-state index contributed by atoms with van der Waals surface area (Å²) in [5.74, 6) is 2.08. The third kappa shape index (κ3) is 1.86. The first-order valence-corrected chi connectivity index (χ1v) is 3.57. The first kappa shape index (κ1) is 10.1. The SMILES string of the molecule is C#Cc1ccc(C#N)c(C(F)(F)F)c1. The Bertz CT molecular complexity index is 432. The smallest absolute Gasteiger partial charge is 0.192 e. The van der Waals surface area contributed by atoms with Crippen LogP contribution in [0, 0.1) is 23.7 Å². The third-order valence-electron chi connectivity index (χ3n) is 1.61. The number of nitriles is 1. The van der Waals surface area contributed by atoms with Gasteiger partial charge in [-0.25, -0.2) is 0 Å². The van der Waals surface area contributed by atoms with Gasteiger partial charge >= 0.3 is 6.18 Å². The summed E-state index contributed by atoms with van der Waals surface area (Å²) in [4.78, 5) is 0. The minimum atomic E-state index is -4.54. The Balaban J connectivity index is 3.41. The Morgan fingerprint density at radius 2 is 1.93 bits per heavy atom. The number of hydrogen-bond donors (Lipinski definition) is 0. The van der Waals surface area contributed by atoms with Crippen molar-refractivity contribution in [1.29, 1.82) is 5.26 Å². The van der Waals surface area contributed by atoms with Crippen molar-refractivity contribution in [3.63, 3.8) is 0 Å². The Hall–Kier alpha value is -1.94. The van der Waals surface area contributed by atoms with Gasteiger partial charge in [0.05, 0.1) is 17.2 Å². The van der Waals surface area contributed by atoms with Crippen molar-refractivity contribution in [1.82, 2.24) is 0 Å². The second-order valence-electron chi connectivity index (χ2n) is 2.51. The van der Waals surface area contributed by atoms with E-state index >= 15 is 0 Å². The van der Waals surface area contributed by atoms with Crippen molar-refractivity contribution in [2.75, 3.05) is 0 Å². The number of terminal acetylenes is 1. The van der Waals surface area contributed by atoms with Gasteiger partial charge in [0.25, 0.3) is 0 Å². The largest absolute Gasteiger partial charge is 0.417 e. The zero-order valence-electron chi connectivity index (χ0n) is 6.89. The van der Waals surface area contributed by atoms with Crippen LogP contribution in [0.4, 0.5) is 13.2 Å². The molecular weight excluding hydrogens is 191 g/mol. The molecule has 0 amide bonds. The lowest BCUT2D eigenvalue weighted by atomic mass is 10.0. The van der Waals surface area contributed by atoms with E-state index in [0.29, 0.717) is 0 Å². The highest BCUT2D eigenvalue weighted by atomic mass is 19.4. The van der Waals surface area contributed by atoms with Crippen LogP contribution >= 0.6 is 0 Å². The van der Waals surface area contributed by atoms with E-state index < -0.39 is 17.3 Å². The van der Waals surface area contributed by atoms with Crippen molar-refractivity contribution in [3.8, 4) is 18.4 Å². The molecular formula is C10H4F3N. The van der Waals surface area contributed by atoms with Crippen molar-refractivity contribution in [3.05, 3.63) is 34.9 Å². The fourth-order valence-corrected chi connectivity index (χ4v) is 0.966. The van der Waals surface area contributed by atoms with Crippen molar-refractivity contribution in [2.24, 2.45) is 0 Å². The summed E-state index contributed by atoms with van der Waals surface area (Å²) >= 11 is 0. The maximum absolute atomic E-state index is 12.3. The standard InChI is InChI=1S/C10H4F3N/c1-2-7-3-4-8(6-14)9(5-7)10(11,12)13/h1,3-5H. The van der Waals surface area contributed by atoms with E-state index in [1.165, 1.54) is 12.1 Å². The number of halogens is 3. The molecule has 0 atom stereocenters. The van der Waals surface area contributed by atoms with Crippen LogP contribution < -0.4 is 0 Å². The second kappa shape index (κ2) is 3.43. The number of hydrogen-bond acceptors (Lipinski definition) is 1. The molecule has 0 aromatic heterocycles. The number of rotatable bonds is 0. The topological polar surface area (TPSA) is 23.8 Å². The molecule has 1 rings (SSSR count). The molecule has 0 aliphatic heterocycles. The molecule has 0 aliphatic carbocycles. The molecule has 0 radical (unpaired) electrons. The Labute approximate surface area is 78.8 Å². The van der Waals surface area contributed by atoms with Gasteiger partial charge in [-0.05, 0) is 18.2 Å². The molecule has 0 bridgehead atoms. The number of benzene rings is 1. The zero-order valence-corrected chi connectivity index (χ0v) is 6.89. The normalized spacial score (nSPS) is 10.4. The molecule has 0 spiro atoms. The maximum Gasteiger partial charge on any atom is 0.417 e. The highest BCUT2D eigenvalue weighted by Gasteiger charge is 2.33. The van der Waals surface area contributed by atoms with Crippen LogP contribution in [0.1, 0.15) is 16.7 Å². The monoisotopic (exact) mass is 195 g/mol. The van der Waals surface area contributed by atoms with Gasteiger partial charge < -0.3 is 0 Å². The van der Waals surface area contributed by atoms with Gasteiger partial charge in [-0.1, -0.05) is 5.92 Å². The molecule has 0 aliphatic rings. The lowest BCUT2D eigenvalue weighted by Gasteiger charge is -2.08. The van der Waals surface area contributed by atoms with Gasteiger partial charge in [0.1, 0.15) is 0 Å². The van der Waals surface area contributed by atoms with Crippen molar-refractivity contribution >= 4 is 0 Å². The molecule has 14 heavy (non-hydrogen) atoms. The highest BCUT2D eigenvalue weighted by Crippen LogP contribution is 2.32. The average molecular weight is 195 g/mol. The Morgan fingerprint density at radius 1 is 1.29 bits per heavy atom. The van der Waals surface area contributed by atoms with Crippen molar-refractivity contribution < 1.29 is 13.2 Å². The van der Waals surface area contributed by atoms with Crippen LogP contribution in [0.2, 0.25) is 0 Å². The van der Waals surface area contributed by atoms with Crippen LogP contribution in [0.3, 0.4) is 0 Å². The summed E-state index contributed by atoms with van der Waals surface area (Å²) in [5.41, 5.74) is -1.30. The summed E-state index contributed by atoms with van der Waals surface area (Å²) in [5, 5.41) is 8.44. The molecule has 0 saturated carbocycles.